The van der Waals surface area contributed by atoms with Gasteiger partial charge in [0.15, 0.2) is 5.65 Å². The highest BCUT2D eigenvalue weighted by Gasteiger charge is 2.17. The van der Waals surface area contributed by atoms with Crippen LogP contribution in [0.4, 0.5) is 0 Å². The van der Waals surface area contributed by atoms with E-state index in [1.54, 1.807) is 11.3 Å². The van der Waals surface area contributed by atoms with Crippen molar-refractivity contribution in [3.63, 3.8) is 0 Å². The van der Waals surface area contributed by atoms with E-state index in [-0.39, 0.29) is 0 Å². The number of rotatable bonds is 4. The van der Waals surface area contributed by atoms with Crippen LogP contribution >= 0.6 is 38.9 Å². The Bertz CT molecular complexity index is 758. The Labute approximate surface area is 134 Å². The van der Waals surface area contributed by atoms with Gasteiger partial charge in [-0.15, -0.1) is 22.9 Å². The van der Waals surface area contributed by atoms with Gasteiger partial charge in [-0.25, -0.2) is 4.98 Å². The Balaban J connectivity index is 2.12. The summed E-state index contributed by atoms with van der Waals surface area (Å²) < 4.78 is 5.24. The molecule has 0 N–H and O–H groups in total. The quantitative estimate of drug-likeness (QED) is 0.653. The summed E-state index contributed by atoms with van der Waals surface area (Å²) in [4.78, 5) is 6.00. The van der Waals surface area contributed by atoms with Crippen LogP contribution in [0.5, 0.6) is 0 Å². The molecule has 0 saturated carbocycles. The molecule has 0 aliphatic heterocycles. The Hall–Kier alpha value is -0.850. The van der Waals surface area contributed by atoms with Crippen molar-refractivity contribution in [2.45, 2.75) is 19.9 Å². The maximum absolute atomic E-state index is 5.91. The second-order valence-electron chi connectivity index (χ2n) is 4.67. The third-order valence-electron chi connectivity index (χ3n) is 3.22. The number of aromatic nitrogens is 4. The topological polar surface area (TPSA) is 35.6 Å². The van der Waals surface area contributed by atoms with Gasteiger partial charge in [0.2, 0.25) is 0 Å². The zero-order valence-electron chi connectivity index (χ0n) is 11.2. The highest BCUT2D eigenvalue weighted by molar-refractivity contribution is 9.10. The normalized spacial score (nSPS) is 11.6. The van der Waals surface area contributed by atoms with Crippen molar-refractivity contribution >= 4 is 50.0 Å². The average Bonchev–Trinajstić information content (AvgIpc) is 3.02. The molecule has 3 aromatic rings. The number of thiophene rings is 1. The van der Waals surface area contributed by atoms with Gasteiger partial charge in [0.1, 0.15) is 11.3 Å². The molecular formula is C13H14BrClN4S. The van der Waals surface area contributed by atoms with Crippen LogP contribution in [-0.2, 0) is 20.0 Å². The predicted octanol–water partition coefficient (Wildman–Crippen LogP) is 3.73. The minimum atomic E-state index is 0.573. The summed E-state index contributed by atoms with van der Waals surface area (Å²) in [6, 6.07) is 2.14. The summed E-state index contributed by atoms with van der Waals surface area (Å²) in [6.07, 6.45) is 0.766. The number of hydrogen-bond acceptors (Lipinski definition) is 3. The SMILES string of the molecule is Cc1nn(C)c2c1nc(CCCl)n2Cc1cc(Br)cs1. The van der Waals surface area contributed by atoms with E-state index < -0.39 is 0 Å². The third kappa shape index (κ3) is 2.40. The molecule has 3 heterocycles. The zero-order valence-corrected chi connectivity index (χ0v) is 14.4. The van der Waals surface area contributed by atoms with Gasteiger partial charge in [-0.3, -0.25) is 4.68 Å². The van der Waals surface area contributed by atoms with Gasteiger partial charge < -0.3 is 4.57 Å². The van der Waals surface area contributed by atoms with Gasteiger partial charge in [0.05, 0.1) is 12.2 Å². The van der Waals surface area contributed by atoms with Crippen LogP contribution in [0.1, 0.15) is 16.4 Å². The summed E-state index contributed by atoms with van der Waals surface area (Å²) >= 11 is 11.1. The maximum atomic E-state index is 5.91. The second-order valence-corrected chi connectivity index (χ2v) is 6.96. The van der Waals surface area contributed by atoms with Crippen molar-refractivity contribution in [2.24, 2.45) is 7.05 Å². The van der Waals surface area contributed by atoms with Crippen LogP contribution in [0, 0.1) is 6.92 Å². The Morgan fingerprint density at radius 2 is 2.25 bits per heavy atom. The fourth-order valence-corrected chi connectivity index (χ4v) is 4.02. The lowest BCUT2D eigenvalue weighted by atomic mass is 10.4. The van der Waals surface area contributed by atoms with Gasteiger partial charge in [-0.05, 0) is 28.9 Å². The van der Waals surface area contributed by atoms with Crippen LogP contribution in [-0.4, -0.2) is 25.2 Å². The number of nitrogens with zero attached hydrogens (tertiary/aromatic N) is 4. The van der Waals surface area contributed by atoms with Crippen LogP contribution < -0.4 is 0 Å². The molecule has 3 aromatic heterocycles. The van der Waals surface area contributed by atoms with Crippen molar-refractivity contribution < 1.29 is 0 Å². The average molecular weight is 374 g/mol. The van der Waals surface area contributed by atoms with Crippen molar-refractivity contribution in [2.75, 3.05) is 5.88 Å². The first-order chi connectivity index (χ1) is 9.60. The van der Waals surface area contributed by atoms with E-state index >= 15 is 0 Å². The second kappa shape index (κ2) is 5.50. The monoisotopic (exact) mass is 372 g/mol. The van der Waals surface area contributed by atoms with Crippen LogP contribution in [0.3, 0.4) is 0 Å². The number of halogens is 2. The van der Waals surface area contributed by atoms with E-state index in [1.165, 1.54) is 4.88 Å². The fourth-order valence-electron chi connectivity index (χ4n) is 2.41. The molecule has 0 fully saturated rings. The lowest BCUT2D eigenvalue weighted by Gasteiger charge is -2.07. The van der Waals surface area contributed by atoms with E-state index in [9.17, 15) is 0 Å². The molecule has 0 atom stereocenters. The number of imidazole rings is 1. The minimum absolute atomic E-state index is 0.573. The summed E-state index contributed by atoms with van der Waals surface area (Å²) in [7, 11) is 1.96. The highest BCUT2D eigenvalue weighted by Crippen LogP contribution is 2.25. The van der Waals surface area contributed by atoms with Gasteiger partial charge in [-0.2, -0.15) is 5.10 Å². The van der Waals surface area contributed by atoms with Gasteiger partial charge in [0, 0.05) is 34.1 Å². The molecule has 20 heavy (non-hydrogen) atoms. The van der Waals surface area contributed by atoms with E-state index in [4.69, 9.17) is 16.6 Å². The molecule has 0 amide bonds. The largest absolute Gasteiger partial charge is 0.308 e. The summed E-state index contributed by atoms with van der Waals surface area (Å²) in [5.74, 6) is 1.60. The van der Waals surface area contributed by atoms with Crippen molar-refractivity contribution in [3.05, 3.63) is 32.3 Å². The molecule has 0 unspecified atom stereocenters. The summed E-state index contributed by atoms with van der Waals surface area (Å²) in [5.41, 5.74) is 3.00. The first-order valence-electron chi connectivity index (χ1n) is 6.27. The van der Waals surface area contributed by atoms with Gasteiger partial charge in [0.25, 0.3) is 0 Å². The molecule has 0 saturated heterocycles. The number of aryl methyl sites for hydroxylation is 3. The molecule has 0 radical (unpaired) electrons. The molecule has 0 aliphatic rings. The third-order valence-corrected chi connectivity index (χ3v) is 5.09. The van der Waals surface area contributed by atoms with Crippen LogP contribution in [0.25, 0.3) is 11.2 Å². The number of hydrogen-bond donors (Lipinski definition) is 0. The number of fused-ring (bicyclic) bond motifs is 1. The van der Waals surface area contributed by atoms with E-state index in [1.807, 2.05) is 18.7 Å². The van der Waals surface area contributed by atoms with E-state index in [0.29, 0.717) is 5.88 Å². The Kier molecular flexibility index (Phi) is 3.88. The smallest absolute Gasteiger partial charge is 0.159 e. The molecule has 0 aromatic carbocycles. The standard InChI is InChI=1S/C13H14BrClN4S/c1-8-12-13(18(2)17-8)19(11(16-12)3-4-15)6-10-5-9(14)7-20-10/h5,7H,3-4,6H2,1-2H3. The fraction of sp³-hybridized carbons (Fsp3) is 0.385. The maximum Gasteiger partial charge on any atom is 0.159 e. The lowest BCUT2D eigenvalue weighted by Crippen LogP contribution is -2.08. The first kappa shape index (κ1) is 14.1. The van der Waals surface area contributed by atoms with E-state index in [2.05, 4.69) is 37.0 Å². The highest BCUT2D eigenvalue weighted by atomic mass is 79.9. The van der Waals surface area contributed by atoms with E-state index in [0.717, 1.165) is 40.1 Å². The predicted molar refractivity (Wildman–Crippen MR) is 86.8 cm³/mol. The molecule has 0 bridgehead atoms. The Morgan fingerprint density at radius 3 is 2.90 bits per heavy atom. The Morgan fingerprint density at radius 1 is 1.45 bits per heavy atom. The summed E-state index contributed by atoms with van der Waals surface area (Å²) in [5, 5.41) is 6.55. The molecule has 7 heteroatoms. The molecule has 3 rings (SSSR count). The van der Waals surface area contributed by atoms with Crippen molar-refractivity contribution in [1.29, 1.82) is 0 Å². The molecule has 106 valence electrons. The summed E-state index contributed by atoms with van der Waals surface area (Å²) in [6.45, 7) is 2.80. The van der Waals surface area contributed by atoms with Crippen LogP contribution in [0.15, 0.2) is 15.9 Å². The first-order valence-corrected chi connectivity index (χ1v) is 8.48. The molecule has 4 nitrogen and oxygen atoms in total. The van der Waals surface area contributed by atoms with Crippen molar-refractivity contribution in [3.8, 4) is 0 Å². The molecule has 0 aliphatic carbocycles. The molecular weight excluding hydrogens is 360 g/mol. The van der Waals surface area contributed by atoms with Crippen molar-refractivity contribution in [1.82, 2.24) is 19.3 Å². The lowest BCUT2D eigenvalue weighted by molar-refractivity contribution is 0.696. The van der Waals surface area contributed by atoms with Crippen LogP contribution in [0.2, 0.25) is 0 Å². The minimum Gasteiger partial charge on any atom is -0.308 e. The zero-order chi connectivity index (χ0) is 14.3. The van der Waals surface area contributed by atoms with Gasteiger partial charge >= 0.3 is 0 Å². The van der Waals surface area contributed by atoms with Gasteiger partial charge in [-0.1, -0.05) is 0 Å². The molecule has 0 spiro atoms. The number of alkyl halides is 1.